The van der Waals surface area contributed by atoms with Crippen LogP contribution in [0.1, 0.15) is 69.6 Å². The van der Waals surface area contributed by atoms with Gasteiger partial charge in [0.05, 0.1) is 28.2 Å². The van der Waals surface area contributed by atoms with Crippen LogP contribution >= 0.6 is 0 Å². The van der Waals surface area contributed by atoms with Gasteiger partial charge in [0.15, 0.2) is 0 Å². The topological polar surface area (TPSA) is 101 Å². The number of hydrogen-bond donors (Lipinski definition) is 0. The fraction of sp³-hybridized carbons (Fsp3) is 0.400. The third kappa shape index (κ3) is 5.05. The Balaban J connectivity index is 1.24. The van der Waals surface area contributed by atoms with E-state index >= 15 is 0 Å². The first-order valence-electron chi connectivity index (χ1n) is 11.6. The van der Waals surface area contributed by atoms with E-state index in [0.717, 1.165) is 25.7 Å². The predicted molar refractivity (Wildman–Crippen MR) is 125 cm³/mol. The first kappa shape index (κ1) is 24.1. The predicted octanol–water partition coefficient (Wildman–Crippen LogP) is 3.48. The number of carbonyl (C=O) groups excluding carboxylic acids is 3. The lowest BCUT2D eigenvalue weighted by atomic mass is 10.1. The van der Waals surface area contributed by atoms with Crippen LogP contribution in [-0.2, 0) is 14.8 Å². The number of hydrogen-bond acceptors (Lipinski definition) is 6. The van der Waals surface area contributed by atoms with Crippen molar-refractivity contribution in [3.63, 3.8) is 0 Å². The number of imide groups is 1. The maximum Gasteiger partial charge on any atom is 0.338 e. The standard InChI is InChI=1S/C25H28N2O6S/c28-23-21-9-3-4-10-22(21)24(29)27(23)17-7-8-18-33-25(30)19-11-13-20(14-12-19)34(31,32)26-15-5-1-2-6-16-26/h3-4,9-14H,1-2,5-8,15-18H2. The summed E-state index contributed by atoms with van der Waals surface area (Å²) in [5, 5.41) is 0. The summed E-state index contributed by atoms with van der Waals surface area (Å²) in [6, 6.07) is 12.5. The molecule has 0 radical (unpaired) electrons. The van der Waals surface area contributed by atoms with Crippen molar-refractivity contribution in [3.8, 4) is 0 Å². The Morgan fingerprint density at radius 1 is 0.824 bits per heavy atom. The highest BCUT2D eigenvalue weighted by atomic mass is 32.2. The number of nitrogens with zero attached hydrogens (tertiary/aromatic N) is 2. The molecule has 0 spiro atoms. The molecule has 0 saturated carbocycles. The summed E-state index contributed by atoms with van der Waals surface area (Å²) in [4.78, 5) is 38.4. The third-order valence-corrected chi connectivity index (χ3v) is 8.09. The van der Waals surface area contributed by atoms with Gasteiger partial charge in [-0.05, 0) is 62.1 Å². The van der Waals surface area contributed by atoms with Crippen LogP contribution in [0, 0.1) is 0 Å². The molecule has 0 bridgehead atoms. The van der Waals surface area contributed by atoms with Crippen LogP contribution in [0.5, 0.6) is 0 Å². The zero-order valence-corrected chi connectivity index (χ0v) is 19.8. The molecule has 34 heavy (non-hydrogen) atoms. The van der Waals surface area contributed by atoms with Crippen LogP contribution in [0.2, 0.25) is 0 Å². The minimum Gasteiger partial charge on any atom is -0.462 e. The van der Waals surface area contributed by atoms with Crippen LogP contribution in [-0.4, -0.2) is 61.6 Å². The van der Waals surface area contributed by atoms with Crippen molar-refractivity contribution in [3.05, 3.63) is 65.2 Å². The Morgan fingerprint density at radius 3 is 2.00 bits per heavy atom. The van der Waals surface area contributed by atoms with E-state index in [9.17, 15) is 22.8 Å². The minimum absolute atomic E-state index is 0.135. The summed E-state index contributed by atoms with van der Waals surface area (Å²) in [6.07, 6.45) is 4.78. The van der Waals surface area contributed by atoms with E-state index in [0.29, 0.717) is 37.1 Å². The Kier molecular flexibility index (Phi) is 7.43. The summed E-state index contributed by atoms with van der Waals surface area (Å²) < 4.78 is 32.5. The molecule has 2 aliphatic heterocycles. The van der Waals surface area contributed by atoms with Crippen molar-refractivity contribution >= 4 is 27.8 Å². The van der Waals surface area contributed by atoms with Gasteiger partial charge >= 0.3 is 5.97 Å². The molecular weight excluding hydrogens is 456 g/mol. The first-order valence-corrected chi connectivity index (χ1v) is 13.1. The fourth-order valence-electron chi connectivity index (χ4n) is 4.26. The van der Waals surface area contributed by atoms with E-state index in [4.69, 9.17) is 4.74 Å². The van der Waals surface area contributed by atoms with Gasteiger partial charge in [0, 0.05) is 19.6 Å². The first-order chi connectivity index (χ1) is 16.4. The Bertz CT molecular complexity index is 1130. The molecule has 2 heterocycles. The van der Waals surface area contributed by atoms with Crippen molar-refractivity contribution in [1.29, 1.82) is 0 Å². The maximum absolute atomic E-state index is 12.9. The van der Waals surface area contributed by atoms with E-state index < -0.39 is 16.0 Å². The normalized spacial score (nSPS) is 16.9. The van der Waals surface area contributed by atoms with Crippen molar-refractivity contribution in [2.24, 2.45) is 0 Å². The van der Waals surface area contributed by atoms with Gasteiger partial charge in [0.1, 0.15) is 0 Å². The van der Waals surface area contributed by atoms with E-state index in [1.54, 1.807) is 24.3 Å². The van der Waals surface area contributed by atoms with Gasteiger partial charge in [0.2, 0.25) is 10.0 Å². The summed E-state index contributed by atoms with van der Waals surface area (Å²) in [5.74, 6) is -1.14. The number of benzene rings is 2. The molecule has 0 N–H and O–H groups in total. The number of rotatable bonds is 8. The van der Waals surface area contributed by atoms with Gasteiger partial charge in [-0.15, -0.1) is 0 Å². The number of carbonyl (C=O) groups is 3. The monoisotopic (exact) mass is 484 g/mol. The highest BCUT2D eigenvalue weighted by Gasteiger charge is 2.34. The van der Waals surface area contributed by atoms with Crippen LogP contribution in [0.25, 0.3) is 0 Å². The van der Waals surface area contributed by atoms with Crippen molar-refractivity contribution < 1.29 is 27.5 Å². The highest BCUT2D eigenvalue weighted by Crippen LogP contribution is 2.23. The summed E-state index contributed by atoms with van der Waals surface area (Å²) in [7, 11) is -3.57. The maximum atomic E-state index is 12.9. The molecule has 2 aromatic carbocycles. The molecule has 180 valence electrons. The number of amides is 2. The summed E-state index contributed by atoms with van der Waals surface area (Å²) in [5.41, 5.74) is 1.11. The Labute approximate surface area is 199 Å². The van der Waals surface area contributed by atoms with Crippen LogP contribution in [0.3, 0.4) is 0 Å². The molecule has 9 heteroatoms. The van der Waals surface area contributed by atoms with Crippen molar-refractivity contribution in [2.75, 3.05) is 26.2 Å². The molecule has 2 aromatic rings. The number of esters is 1. The number of sulfonamides is 1. The van der Waals surface area contributed by atoms with E-state index in [1.165, 1.54) is 33.5 Å². The lowest BCUT2D eigenvalue weighted by molar-refractivity contribution is 0.0485. The zero-order chi connectivity index (χ0) is 24.1. The molecule has 4 rings (SSSR count). The molecule has 1 saturated heterocycles. The molecule has 0 atom stereocenters. The Morgan fingerprint density at radius 2 is 1.41 bits per heavy atom. The van der Waals surface area contributed by atoms with Crippen molar-refractivity contribution in [2.45, 2.75) is 43.4 Å². The van der Waals surface area contributed by atoms with Crippen LogP contribution < -0.4 is 0 Å². The van der Waals surface area contributed by atoms with Gasteiger partial charge in [-0.2, -0.15) is 4.31 Å². The average molecular weight is 485 g/mol. The fourth-order valence-corrected chi connectivity index (χ4v) is 5.77. The largest absolute Gasteiger partial charge is 0.462 e. The molecular formula is C25H28N2O6S. The Hall–Kier alpha value is -3.04. The smallest absolute Gasteiger partial charge is 0.338 e. The quantitative estimate of drug-likeness (QED) is 0.323. The highest BCUT2D eigenvalue weighted by molar-refractivity contribution is 7.89. The van der Waals surface area contributed by atoms with E-state index in [2.05, 4.69) is 0 Å². The molecule has 2 amide bonds. The zero-order valence-electron chi connectivity index (χ0n) is 18.9. The second kappa shape index (κ2) is 10.5. The second-order valence-electron chi connectivity index (χ2n) is 8.49. The molecule has 1 fully saturated rings. The lowest BCUT2D eigenvalue weighted by Crippen LogP contribution is -2.31. The van der Waals surface area contributed by atoms with Crippen LogP contribution in [0.4, 0.5) is 0 Å². The molecule has 0 unspecified atom stereocenters. The lowest BCUT2D eigenvalue weighted by Gasteiger charge is -2.20. The number of unbranched alkanes of at least 4 members (excludes halogenated alkanes) is 1. The van der Waals surface area contributed by atoms with Gasteiger partial charge in [-0.3, -0.25) is 14.5 Å². The average Bonchev–Trinajstić information content (AvgIpc) is 3.03. The SMILES string of the molecule is O=C(OCCCCN1C(=O)c2ccccc2C1=O)c1ccc(S(=O)(=O)N2CCCCCC2)cc1. The van der Waals surface area contributed by atoms with Gasteiger partial charge in [0.25, 0.3) is 11.8 Å². The molecule has 2 aliphatic rings. The second-order valence-corrected chi connectivity index (χ2v) is 10.4. The van der Waals surface area contributed by atoms with E-state index in [-0.39, 0.29) is 35.4 Å². The van der Waals surface area contributed by atoms with Gasteiger partial charge in [-0.25, -0.2) is 13.2 Å². The van der Waals surface area contributed by atoms with Gasteiger partial charge in [-0.1, -0.05) is 25.0 Å². The number of ether oxygens (including phenoxy) is 1. The third-order valence-electron chi connectivity index (χ3n) is 6.18. The summed E-state index contributed by atoms with van der Waals surface area (Å²) in [6.45, 7) is 1.43. The van der Waals surface area contributed by atoms with Crippen molar-refractivity contribution in [1.82, 2.24) is 9.21 Å². The van der Waals surface area contributed by atoms with Crippen LogP contribution in [0.15, 0.2) is 53.4 Å². The van der Waals surface area contributed by atoms with Gasteiger partial charge < -0.3 is 4.74 Å². The number of fused-ring (bicyclic) bond motifs is 1. The van der Waals surface area contributed by atoms with E-state index in [1.807, 2.05) is 0 Å². The molecule has 8 nitrogen and oxygen atoms in total. The summed E-state index contributed by atoms with van der Waals surface area (Å²) >= 11 is 0. The molecule has 0 aromatic heterocycles. The molecule has 0 aliphatic carbocycles. The minimum atomic E-state index is -3.57.